The molecule has 0 aliphatic rings. The molecular formula is C20H14ClN3O2. The number of rotatable bonds is 3. The predicted molar refractivity (Wildman–Crippen MR) is 101 cm³/mol. The third kappa shape index (κ3) is 2.93. The SMILES string of the molecule is Cc1oc2ccccc2c1-c1cnc(NC(=O)c2ccccc2Cl)cn1. The van der Waals surface area contributed by atoms with Crippen molar-refractivity contribution in [3.05, 3.63) is 77.3 Å². The van der Waals surface area contributed by atoms with Crippen LogP contribution in [0.1, 0.15) is 16.1 Å². The highest BCUT2D eigenvalue weighted by Crippen LogP contribution is 2.33. The number of benzene rings is 2. The van der Waals surface area contributed by atoms with Crippen molar-refractivity contribution in [3.8, 4) is 11.3 Å². The fourth-order valence-electron chi connectivity index (χ4n) is 2.84. The Kier molecular flexibility index (Phi) is 4.14. The second kappa shape index (κ2) is 6.61. The Balaban J connectivity index is 1.62. The molecule has 0 spiro atoms. The summed E-state index contributed by atoms with van der Waals surface area (Å²) in [6, 6.07) is 14.6. The molecule has 0 radical (unpaired) electrons. The van der Waals surface area contributed by atoms with Gasteiger partial charge < -0.3 is 9.73 Å². The van der Waals surface area contributed by atoms with Crippen LogP contribution in [0.2, 0.25) is 5.02 Å². The van der Waals surface area contributed by atoms with Gasteiger partial charge in [-0.2, -0.15) is 0 Å². The lowest BCUT2D eigenvalue weighted by Crippen LogP contribution is -2.13. The Morgan fingerprint density at radius 3 is 2.58 bits per heavy atom. The largest absolute Gasteiger partial charge is 0.461 e. The Morgan fingerprint density at radius 1 is 1.04 bits per heavy atom. The van der Waals surface area contributed by atoms with Gasteiger partial charge in [0.1, 0.15) is 11.3 Å². The number of carbonyl (C=O) groups excluding carboxylic acids is 1. The lowest BCUT2D eigenvalue weighted by atomic mass is 10.1. The van der Waals surface area contributed by atoms with E-state index in [1.165, 1.54) is 6.20 Å². The standard InChI is InChI=1S/C20H14ClN3O2/c1-12-19(14-7-3-5-9-17(14)26-12)16-10-23-18(11-22-16)24-20(25)13-6-2-4-8-15(13)21/h2-11H,1H3,(H,23,24,25). The van der Waals surface area contributed by atoms with Crippen molar-refractivity contribution >= 4 is 34.3 Å². The van der Waals surface area contributed by atoms with E-state index in [0.29, 0.717) is 22.1 Å². The molecule has 0 atom stereocenters. The smallest absolute Gasteiger partial charge is 0.258 e. The van der Waals surface area contributed by atoms with Crippen molar-refractivity contribution in [1.82, 2.24) is 9.97 Å². The summed E-state index contributed by atoms with van der Waals surface area (Å²) in [4.78, 5) is 21.0. The van der Waals surface area contributed by atoms with Gasteiger partial charge in [-0.3, -0.25) is 9.78 Å². The van der Waals surface area contributed by atoms with Gasteiger partial charge in [0.2, 0.25) is 0 Å². The van der Waals surface area contributed by atoms with Crippen LogP contribution in [0.3, 0.4) is 0 Å². The van der Waals surface area contributed by atoms with E-state index in [0.717, 1.165) is 22.3 Å². The fourth-order valence-corrected chi connectivity index (χ4v) is 3.06. The van der Waals surface area contributed by atoms with Crippen molar-refractivity contribution in [2.24, 2.45) is 0 Å². The first-order valence-electron chi connectivity index (χ1n) is 8.00. The normalized spacial score (nSPS) is 10.8. The first-order chi connectivity index (χ1) is 12.6. The number of aryl methyl sites for hydroxylation is 1. The summed E-state index contributed by atoms with van der Waals surface area (Å²) in [6.07, 6.45) is 3.14. The highest BCUT2D eigenvalue weighted by atomic mass is 35.5. The van der Waals surface area contributed by atoms with E-state index >= 15 is 0 Å². The van der Waals surface area contributed by atoms with E-state index in [9.17, 15) is 4.79 Å². The van der Waals surface area contributed by atoms with Crippen molar-refractivity contribution in [1.29, 1.82) is 0 Å². The quantitative estimate of drug-likeness (QED) is 0.549. The summed E-state index contributed by atoms with van der Waals surface area (Å²) >= 11 is 6.04. The lowest BCUT2D eigenvalue weighted by Gasteiger charge is -2.06. The predicted octanol–water partition coefficient (Wildman–Crippen LogP) is 5.10. The minimum absolute atomic E-state index is 0.331. The van der Waals surface area contributed by atoms with Gasteiger partial charge in [0.25, 0.3) is 5.91 Å². The van der Waals surface area contributed by atoms with Crippen molar-refractivity contribution in [2.75, 3.05) is 5.32 Å². The van der Waals surface area contributed by atoms with Gasteiger partial charge >= 0.3 is 0 Å². The number of fused-ring (bicyclic) bond motifs is 1. The number of halogens is 1. The average molecular weight is 364 g/mol. The Morgan fingerprint density at radius 2 is 1.81 bits per heavy atom. The molecule has 2 aromatic heterocycles. The third-order valence-corrected chi connectivity index (χ3v) is 4.37. The summed E-state index contributed by atoms with van der Waals surface area (Å²) in [7, 11) is 0. The van der Waals surface area contributed by atoms with Crippen molar-refractivity contribution in [2.45, 2.75) is 6.92 Å². The third-order valence-electron chi connectivity index (χ3n) is 4.04. The van der Waals surface area contributed by atoms with Gasteiger partial charge in [-0.1, -0.05) is 41.9 Å². The summed E-state index contributed by atoms with van der Waals surface area (Å²) in [5.74, 6) is 0.792. The van der Waals surface area contributed by atoms with Gasteiger partial charge in [-0.05, 0) is 25.1 Å². The summed E-state index contributed by atoms with van der Waals surface area (Å²) in [5, 5.41) is 4.07. The zero-order valence-corrected chi connectivity index (χ0v) is 14.6. The fraction of sp³-hybridized carbons (Fsp3) is 0.0500. The van der Waals surface area contributed by atoms with E-state index < -0.39 is 0 Å². The summed E-state index contributed by atoms with van der Waals surface area (Å²) in [5.41, 5.74) is 2.77. The Hall–Kier alpha value is -3.18. The molecular weight excluding hydrogens is 350 g/mol. The zero-order chi connectivity index (χ0) is 18.1. The molecule has 1 N–H and O–H groups in total. The Bertz CT molecular complexity index is 1100. The van der Waals surface area contributed by atoms with E-state index in [1.807, 2.05) is 31.2 Å². The molecule has 6 heteroatoms. The maximum absolute atomic E-state index is 12.3. The highest BCUT2D eigenvalue weighted by molar-refractivity contribution is 6.34. The molecule has 5 nitrogen and oxygen atoms in total. The minimum atomic E-state index is -0.331. The molecule has 0 saturated heterocycles. The maximum atomic E-state index is 12.3. The zero-order valence-electron chi connectivity index (χ0n) is 13.9. The number of aromatic nitrogens is 2. The highest BCUT2D eigenvalue weighted by Gasteiger charge is 2.15. The molecule has 0 aliphatic carbocycles. The molecule has 0 aliphatic heterocycles. The topological polar surface area (TPSA) is 68.0 Å². The second-order valence-electron chi connectivity index (χ2n) is 5.75. The first-order valence-corrected chi connectivity index (χ1v) is 8.37. The number of hydrogen-bond acceptors (Lipinski definition) is 4. The second-order valence-corrected chi connectivity index (χ2v) is 6.16. The van der Waals surface area contributed by atoms with Crippen molar-refractivity contribution in [3.63, 3.8) is 0 Å². The Labute approximate surface area is 154 Å². The van der Waals surface area contributed by atoms with Crippen LogP contribution in [0.25, 0.3) is 22.2 Å². The molecule has 1 amide bonds. The van der Waals surface area contributed by atoms with Gasteiger partial charge in [0, 0.05) is 5.39 Å². The molecule has 128 valence electrons. The van der Waals surface area contributed by atoms with E-state index in [-0.39, 0.29) is 5.91 Å². The molecule has 2 heterocycles. The number of anilines is 1. The number of nitrogens with zero attached hydrogens (tertiary/aromatic N) is 2. The van der Waals surface area contributed by atoms with E-state index in [2.05, 4.69) is 15.3 Å². The van der Waals surface area contributed by atoms with Crippen LogP contribution in [0, 0.1) is 6.92 Å². The molecule has 2 aromatic carbocycles. The van der Waals surface area contributed by atoms with Gasteiger partial charge in [-0.25, -0.2) is 4.98 Å². The summed E-state index contributed by atoms with van der Waals surface area (Å²) in [6.45, 7) is 1.89. The number of para-hydroxylation sites is 1. The average Bonchev–Trinajstić information content (AvgIpc) is 2.98. The maximum Gasteiger partial charge on any atom is 0.258 e. The minimum Gasteiger partial charge on any atom is -0.461 e. The molecule has 0 saturated carbocycles. The molecule has 0 fully saturated rings. The number of carbonyl (C=O) groups is 1. The number of furan rings is 1. The molecule has 0 unspecified atom stereocenters. The van der Waals surface area contributed by atoms with E-state index in [1.54, 1.807) is 30.5 Å². The molecule has 0 bridgehead atoms. The molecule has 26 heavy (non-hydrogen) atoms. The molecule has 4 aromatic rings. The van der Waals surface area contributed by atoms with Crippen LogP contribution < -0.4 is 5.32 Å². The van der Waals surface area contributed by atoms with Gasteiger partial charge in [0.15, 0.2) is 5.82 Å². The van der Waals surface area contributed by atoms with Crippen LogP contribution in [-0.2, 0) is 0 Å². The molecule has 4 rings (SSSR count). The van der Waals surface area contributed by atoms with Crippen LogP contribution in [0.15, 0.2) is 65.3 Å². The van der Waals surface area contributed by atoms with Crippen LogP contribution in [0.5, 0.6) is 0 Å². The van der Waals surface area contributed by atoms with Crippen LogP contribution in [-0.4, -0.2) is 15.9 Å². The van der Waals surface area contributed by atoms with Gasteiger partial charge in [0.05, 0.1) is 34.2 Å². The first kappa shape index (κ1) is 16.3. The van der Waals surface area contributed by atoms with Crippen molar-refractivity contribution < 1.29 is 9.21 Å². The lowest BCUT2D eigenvalue weighted by molar-refractivity contribution is 0.102. The summed E-state index contributed by atoms with van der Waals surface area (Å²) < 4.78 is 5.77. The van der Waals surface area contributed by atoms with Gasteiger partial charge in [-0.15, -0.1) is 0 Å². The number of hydrogen-bond donors (Lipinski definition) is 1. The van der Waals surface area contributed by atoms with Crippen LogP contribution >= 0.6 is 11.6 Å². The number of amides is 1. The number of nitrogens with one attached hydrogen (secondary N) is 1. The van der Waals surface area contributed by atoms with E-state index in [4.69, 9.17) is 16.0 Å². The monoisotopic (exact) mass is 363 g/mol. The van der Waals surface area contributed by atoms with Crippen LogP contribution in [0.4, 0.5) is 5.82 Å².